The van der Waals surface area contributed by atoms with E-state index in [1.807, 2.05) is 27.7 Å². The van der Waals surface area contributed by atoms with Crippen LogP contribution >= 0.6 is 0 Å². The van der Waals surface area contributed by atoms with Gasteiger partial charge in [0, 0.05) is 6.42 Å². The maximum atomic E-state index is 13.5. The Balaban J connectivity index is 3.11. The molecule has 0 radical (unpaired) electrons. The molecule has 1 rings (SSSR count). The highest BCUT2D eigenvalue weighted by Crippen LogP contribution is 2.13. The van der Waals surface area contributed by atoms with E-state index >= 15 is 0 Å². The molecule has 4 atom stereocenters. The lowest BCUT2D eigenvalue weighted by atomic mass is 9.99. The van der Waals surface area contributed by atoms with E-state index in [9.17, 15) is 29.1 Å². The molecule has 0 spiro atoms. The molecule has 0 saturated carbocycles. The monoisotopic (exact) mass is 591 g/mol. The Labute approximate surface area is 248 Å². The Morgan fingerprint density at radius 2 is 1.19 bits per heavy atom. The molecular formula is C29H49N7O6. The summed E-state index contributed by atoms with van der Waals surface area (Å²) in [5.41, 5.74) is 17.3. The fourth-order valence-electron chi connectivity index (χ4n) is 4.33. The number of rotatable bonds is 19. The second-order valence-corrected chi connectivity index (χ2v) is 11.3. The normalized spacial score (nSPS) is 14.0. The summed E-state index contributed by atoms with van der Waals surface area (Å²) in [5, 5.41) is 20.2. The summed E-state index contributed by atoms with van der Waals surface area (Å²) in [5.74, 6) is -2.84. The van der Waals surface area contributed by atoms with Crippen LogP contribution in [0.25, 0.3) is 0 Å². The van der Waals surface area contributed by atoms with Gasteiger partial charge in [-0.2, -0.15) is 0 Å². The largest absolute Gasteiger partial charge is 0.508 e. The zero-order valence-corrected chi connectivity index (χ0v) is 25.2. The molecule has 0 saturated heterocycles. The number of phenols is 1. The zero-order chi connectivity index (χ0) is 31.8. The van der Waals surface area contributed by atoms with Gasteiger partial charge in [0.15, 0.2) is 0 Å². The number of primary amides is 1. The van der Waals surface area contributed by atoms with Gasteiger partial charge >= 0.3 is 0 Å². The molecule has 0 heterocycles. The number of unbranched alkanes of at least 4 members (excludes halogenated alkanes) is 1. The average Bonchev–Trinajstić information content (AvgIpc) is 2.91. The lowest BCUT2D eigenvalue weighted by Crippen LogP contribution is -2.58. The van der Waals surface area contributed by atoms with Crippen molar-refractivity contribution in [3.8, 4) is 5.75 Å². The minimum Gasteiger partial charge on any atom is -0.508 e. The van der Waals surface area contributed by atoms with Gasteiger partial charge in [0.25, 0.3) is 0 Å². The Bertz CT molecular complexity index is 1030. The van der Waals surface area contributed by atoms with Crippen molar-refractivity contribution >= 4 is 29.5 Å². The third-order valence-electron chi connectivity index (χ3n) is 6.50. The highest BCUT2D eigenvalue weighted by atomic mass is 16.3. The number of amides is 5. The summed E-state index contributed by atoms with van der Waals surface area (Å²) in [4.78, 5) is 64.1. The van der Waals surface area contributed by atoms with Crippen LogP contribution < -0.4 is 38.5 Å². The van der Waals surface area contributed by atoms with Gasteiger partial charge in [0.2, 0.25) is 29.5 Å². The minimum absolute atomic E-state index is 0.00245. The number of nitrogens with two attached hydrogens (primary N) is 3. The number of nitrogens with one attached hydrogen (secondary N) is 4. The third kappa shape index (κ3) is 13.8. The number of hydrogen-bond donors (Lipinski definition) is 8. The summed E-state index contributed by atoms with van der Waals surface area (Å²) in [6, 6.07) is 2.18. The van der Waals surface area contributed by atoms with Gasteiger partial charge in [0.1, 0.15) is 29.9 Å². The van der Waals surface area contributed by atoms with Crippen molar-refractivity contribution in [2.24, 2.45) is 29.0 Å². The molecule has 0 aromatic heterocycles. The van der Waals surface area contributed by atoms with E-state index in [-0.39, 0.29) is 43.4 Å². The number of benzene rings is 1. The van der Waals surface area contributed by atoms with Gasteiger partial charge < -0.3 is 43.6 Å². The first-order valence-corrected chi connectivity index (χ1v) is 14.4. The highest BCUT2D eigenvalue weighted by Gasteiger charge is 2.31. The molecule has 11 N–H and O–H groups in total. The average molecular weight is 592 g/mol. The fourth-order valence-corrected chi connectivity index (χ4v) is 4.33. The third-order valence-corrected chi connectivity index (χ3v) is 6.50. The Morgan fingerprint density at radius 1 is 0.714 bits per heavy atom. The first kappa shape index (κ1) is 36.3. The number of phenolic OH excluding ortho intramolecular Hbond substituents is 1. The van der Waals surface area contributed by atoms with Gasteiger partial charge in [0.05, 0.1) is 6.54 Å². The SMILES string of the molecule is CC(C)C[C@H](NC(=O)CN)C(=O)N[C@@H](CCCCN)C(=O)N[C@@H](CC(C)C)C(=O)N[C@@H](Cc1ccc(O)cc1)C(N)=O. The van der Waals surface area contributed by atoms with Crippen molar-refractivity contribution in [3.05, 3.63) is 29.8 Å². The van der Waals surface area contributed by atoms with Crippen LogP contribution in [0.3, 0.4) is 0 Å². The smallest absolute Gasteiger partial charge is 0.243 e. The molecule has 1 aromatic carbocycles. The van der Waals surface area contributed by atoms with Crippen molar-refractivity contribution < 1.29 is 29.1 Å². The van der Waals surface area contributed by atoms with Crippen LogP contribution in [-0.4, -0.2) is 71.9 Å². The Hall–Kier alpha value is -3.71. The summed E-state index contributed by atoms with van der Waals surface area (Å²) in [6.07, 6.45) is 2.10. The molecule has 0 aliphatic carbocycles. The van der Waals surface area contributed by atoms with Gasteiger partial charge in [-0.3, -0.25) is 24.0 Å². The van der Waals surface area contributed by atoms with Crippen LogP contribution in [0.15, 0.2) is 24.3 Å². The fraction of sp³-hybridized carbons (Fsp3) is 0.621. The Kier molecular flexibility index (Phi) is 16.1. The van der Waals surface area contributed by atoms with E-state index in [0.29, 0.717) is 31.4 Å². The topological polar surface area (TPSA) is 232 Å². The standard InChI is InChI=1S/C29H49N7O6/c1-17(2)13-23(33-25(38)16-31)28(41)34-21(7-5-6-12-30)27(40)36-24(14-18(3)4)29(42)35-22(26(32)39)15-19-8-10-20(37)11-9-19/h8-11,17-18,21-24,37H,5-7,12-16,30-31H2,1-4H3,(H2,32,39)(H,33,38)(H,34,41)(H,35,42)(H,36,40)/t21-,22-,23-,24-/m0/s1. The molecule has 0 fully saturated rings. The summed E-state index contributed by atoms with van der Waals surface area (Å²) >= 11 is 0. The maximum absolute atomic E-state index is 13.5. The van der Waals surface area contributed by atoms with Crippen molar-refractivity contribution in [1.29, 1.82) is 0 Å². The minimum atomic E-state index is -1.06. The summed E-state index contributed by atoms with van der Waals surface area (Å²) in [6.45, 7) is 7.68. The summed E-state index contributed by atoms with van der Waals surface area (Å²) < 4.78 is 0. The first-order chi connectivity index (χ1) is 19.8. The molecule has 5 amide bonds. The van der Waals surface area contributed by atoms with E-state index in [4.69, 9.17) is 17.2 Å². The van der Waals surface area contributed by atoms with Crippen molar-refractivity contribution in [2.75, 3.05) is 13.1 Å². The first-order valence-electron chi connectivity index (χ1n) is 14.4. The van der Waals surface area contributed by atoms with E-state index in [2.05, 4.69) is 21.3 Å². The van der Waals surface area contributed by atoms with Crippen molar-refractivity contribution in [2.45, 2.75) is 90.4 Å². The second kappa shape index (κ2) is 18.7. The number of carbonyl (C=O) groups excluding carboxylic acids is 5. The number of carbonyl (C=O) groups is 5. The lowest BCUT2D eigenvalue weighted by Gasteiger charge is -2.27. The molecule has 0 aliphatic heterocycles. The van der Waals surface area contributed by atoms with E-state index < -0.39 is 53.7 Å². The molecular weight excluding hydrogens is 542 g/mol. The maximum Gasteiger partial charge on any atom is 0.243 e. The molecule has 13 heteroatoms. The summed E-state index contributed by atoms with van der Waals surface area (Å²) in [7, 11) is 0. The van der Waals surface area contributed by atoms with Gasteiger partial charge in [-0.15, -0.1) is 0 Å². The number of hydrogen-bond acceptors (Lipinski definition) is 8. The molecule has 0 aliphatic rings. The molecule has 0 unspecified atom stereocenters. The molecule has 236 valence electrons. The van der Waals surface area contributed by atoms with Crippen LogP contribution in [-0.2, 0) is 30.4 Å². The predicted molar refractivity (Wildman–Crippen MR) is 160 cm³/mol. The van der Waals surface area contributed by atoms with Crippen molar-refractivity contribution in [3.63, 3.8) is 0 Å². The van der Waals surface area contributed by atoms with E-state index in [1.54, 1.807) is 12.1 Å². The van der Waals surface area contributed by atoms with Crippen LogP contribution in [0.2, 0.25) is 0 Å². The second-order valence-electron chi connectivity index (χ2n) is 11.3. The number of aromatic hydroxyl groups is 1. The molecule has 42 heavy (non-hydrogen) atoms. The van der Waals surface area contributed by atoms with E-state index in [0.717, 1.165) is 0 Å². The molecule has 0 bridgehead atoms. The molecule has 13 nitrogen and oxygen atoms in total. The van der Waals surface area contributed by atoms with Crippen LogP contribution in [0.5, 0.6) is 5.75 Å². The Morgan fingerprint density at radius 3 is 1.67 bits per heavy atom. The van der Waals surface area contributed by atoms with Crippen LogP contribution in [0, 0.1) is 11.8 Å². The van der Waals surface area contributed by atoms with Gasteiger partial charge in [-0.1, -0.05) is 39.8 Å². The van der Waals surface area contributed by atoms with Crippen molar-refractivity contribution in [1.82, 2.24) is 21.3 Å². The zero-order valence-electron chi connectivity index (χ0n) is 25.2. The van der Waals surface area contributed by atoms with Crippen LogP contribution in [0.4, 0.5) is 0 Å². The lowest BCUT2D eigenvalue weighted by molar-refractivity contribution is -0.134. The predicted octanol–water partition coefficient (Wildman–Crippen LogP) is -0.461. The van der Waals surface area contributed by atoms with Gasteiger partial charge in [-0.25, -0.2) is 0 Å². The quantitative estimate of drug-likeness (QED) is 0.0978. The molecule has 1 aromatic rings. The van der Waals surface area contributed by atoms with E-state index in [1.165, 1.54) is 12.1 Å². The van der Waals surface area contributed by atoms with Crippen LogP contribution in [0.1, 0.15) is 65.4 Å². The van der Waals surface area contributed by atoms with Gasteiger partial charge in [-0.05, 0) is 68.2 Å². The highest BCUT2D eigenvalue weighted by molar-refractivity contribution is 5.95.